The minimum absolute atomic E-state index is 0.403. The van der Waals surface area contributed by atoms with E-state index < -0.39 is 28.4 Å². The fourth-order valence-corrected chi connectivity index (χ4v) is 1.12. The van der Waals surface area contributed by atoms with Gasteiger partial charge in [-0.3, -0.25) is 9.35 Å². The summed E-state index contributed by atoms with van der Waals surface area (Å²) in [7, 11) is -4.66. The minimum Gasteiger partial charge on any atom is -0.318 e. The number of hydrogen-bond acceptors (Lipinski definition) is 5. The molecule has 0 aliphatic carbocycles. The largest absolute Gasteiger partial charge is 0.418 e. The van der Waals surface area contributed by atoms with Gasteiger partial charge in [0.25, 0.3) is 5.91 Å². The van der Waals surface area contributed by atoms with Crippen molar-refractivity contribution in [2.45, 2.75) is 12.1 Å². The van der Waals surface area contributed by atoms with Crippen molar-refractivity contribution in [3.63, 3.8) is 0 Å². The Bertz CT molecular complexity index is 299. The van der Waals surface area contributed by atoms with Gasteiger partial charge in [-0.25, -0.2) is 0 Å². The van der Waals surface area contributed by atoms with Crippen LogP contribution in [0.25, 0.3) is 0 Å². The van der Waals surface area contributed by atoms with Crippen molar-refractivity contribution in [1.82, 2.24) is 5.06 Å². The van der Waals surface area contributed by atoms with Crippen LogP contribution in [0.15, 0.2) is 0 Å². The summed E-state index contributed by atoms with van der Waals surface area (Å²) in [5.41, 5.74) is 5.16. The fraction of sp³-hybridized carbons (Fsp3) is 0.500. The van der Waals surface area contributed by atoms with Crippen LogP contribution in [0.4, 0.5) is 0 Å². The van der Waals surface area contributed by atoms with Crippen LogP contribution in [0.2, 0.25) is 0 Å². The number of hydrogen-bond donors (Lipinski definition) is 2. The first-order valence-corrected chi connectivity index (χ1v) is 4.28. The van der Waals surface area contributed by atoms with Crippen LogP contribution in [-0.2, 0) is 19.5 Å². The van der Waals surface area contributed by atoms with Crippen LogP contribution >= 0.6 is 0 Å². The van der Waals surface area contributed by atoms with Crippen molar-refractivity contribution in [1.29, 1.82) is 0 Å². The Morgan fingerprint density at radius 1 is 1.67 bits per heavy atom. The molecule has 0 aromatic heterocycles. The van der Waals surface area contributed by atoms with Crippen molar-refractivity contribution < 1.29 is 22.0 Å². The minimum atomic E-state index is -4.66. The normalized spacial score (nSPS) is 30.2. The Kier molecular flexibility index (Phi) is 2.08. The molecule has 69 valence electrons. The van der Waals surface area contributed by atoms with E-state index in [-0.39, 0.29) is 0 Å². The van der Waals surface area contributed by atoms with Crippen LogP contribution in [0, 0.1) is 6.92 Å². The number of rotatable bonds is 2. The van der Waals surface area contributed by atoms with Crippen molar-refractivity contribution in [3.05, 3.63) is 6.92 Å². The monoisotopic (exact) mass is 195 g/mol. The zero-order valence-electron chi connectivity index (χ0n) is 5.87. The summed E-state index contributed by atoms with van der Waals surface area (Å²) in [5, 5.41) is 0.403. The van der Waals surface area contributed by atoms with Crippen LogP contribution < -0.4 is 5.73 Å². The quantitative estimate of drug-likeness (QED) is 0.393. The lowest BCUT2D eigenvalue weighted by Crippen LogP contribution is -2.67. The Morgan fingerprint density at radius 2 is 2.17 bits per heavy atom. The van der Waals surface area contributed by atoms with Gasteiger partial charge >= 0.3 is 10.4 Å². The van der Waals surface area contributed by atoms with Crippen molar-refractivity contribution in [2.24, 2.45) is 5.73 Å². The molecule has 1 radical (unpaired) electrons. The molecule has 2 atom stereocenters. The summed E-state index contributed by atoms with van der Waals surface area (Å²) in [4.78, 5) is 10.7. The lowest BCUT2D eigenvalue weighted by Gasteiger charge is -2.39. The van der Waals surface area contributed by atoms with E-state index in [0.717, 1.165) is 0 Å². The van der Waals surface area contributed by atoms with E-state index in [0.29, 0.717) is 5.06 Å². The maximum absolute atomic E-state index is 10.7. The zero-order valence-corrected chi connectivity index (χ0v) is 6.69. The summed E-state index contributed by atoms with van der Waals surface area (Å²) in [6, 6.07) is -1.66. The zero-order chi connectivity index (χ0) is 9.52. The Labute approximate surface area is 69.0 Å². The van der Waals surface area contributed by atoms with E-state index in [2.05, 4.69) is 11.2 Å². The predicted octanol–water partition coefficient (Wildman–Crippen LogP) is -1.91. The SMILES string of the molecule is [CH2][C@H]1[C@H](N)C(=O)N1OS(=O)(=O)O. The summed E-state index contributed by atoms with van der Waals surface area (Å²) in [6.45, 7) is 3.32. The van der Waals surface area contributed by atoms with Crippen molar-refractivity contribution in [2.75, 3.05) is 0 Å². The Balaban J connectivity index is 2.63. The van der Waals surface area contributed by atoms with Crippen molar-refractivity contribution >= 4 is 16.3 Å². The molecule has 0 saturated carbocycles. The van der Waals surface area contributed by atoms with Gasteiger partial charge in [0, 0.05) is 0 Å². The van der Waals surface area contributed by atoms with Crippen LogP contribution in [0.1, 0.15) is 0 Å². The first-order valence-electron chi connectivity index (χ1n) is 2.91. The highest BCUT2D eigenvalue weighted by Gasteiger charge is 2.45. The average Bonchev–Trinajstić information content (AvgIpc) is 1.96. The van der Waals surface area contributed by atoms with E-state index in [1.54, 1.807) is 0 Å². The topological polar surface area (TPSA) is 110 Å². The smallest absolute Gasteiger partial charge is 0.318 e. The summed E-state index contributed by atoms with van der Waals surface area (Å²) in [6.07, 6.45) is 0. The highest BCUT2D eigenvalue weighted by atomic mass is 32.3. The third-order valence-electron chi connectivity index (χ3n) is 1.39. The van der Waals surface area contributed by atoms with E-state index >= 15 is 0 Å². The molecule has 12 heavy (non-hydrogen) atoms. The summed E-state index contributed by atoms with van der Waals surface area (Å²) < 4.78 is 32.2. The molecule has 0 unspecified atom stereocenters. The second-order valence-electron chi connectivity index (χ2n) is 2.26. The molecule has 1 fully saturated rings. The lowest BCUT2D eigenvalue weighted by atomic mass is 10.0. The molecule has 1 aliphatic rings. The number of amides is 1. The second kappa shape index (κ2) is 2.66. The summed E-state index contributed by atoms with van der Waals surface area (Å²) >= 11 is 0. The van der Waals surface area contributed by atoms with Gasteiger partial charge in [-0.1, -0.05) is 0 Å². The molecule has 1 amide bonds. The number of hydroxylamine groups is 2. The average molecular weight is 195 g/mol. The third kappa shape index (κ3) is 1.55. The highest BCUT2D eigenvalue weighted by molar-refractivity contribution is 7.80. The molecule has 0 spiro atoms. The van der Waals surface area contributed by atoms with Gasteiger partial charge in [-0.2, -0.15) is 13.5 Å². The number of carbonyl (C=O) groups is 1. The van der Waals surface area contributed by atoms with Crippen molar-refractivity contribution in [3.8, 4) is 0 Å². The van der Waals surface area contributed by atoms with E-state index in [1.165, 1.54) is 0 Å². The fourth-order valence-electron chi connectivity index (χ4n) is 0.732. The standard InChI is InChI=1S/C4H7N2O5S/c1-2-3(5)4(7)6(2)11-12(8,9)10/h2-3H,1,5H2,(H,8,9,10)/t2-,3-/m0/s1. The molecule has 0 aromatic rings. The van der Waals surface area contributed by atoms with Gasteiger partial charge in [0.2, 0.25) is 0 Å². The maximum atomic E-state index is 10.7. The van der Waals surface area contributed by atoms with Crippen LogP contribution in [-0.4, -0.2) is 36.0 Å². The molecule has 1 saturated heterocycles. The maximum Gasteiger partial charge on any atom is 0.418 e. The van der Waals surface area contributed by atoms with Gasteiger partial charge in [0.15, 0.2) is 0 Å². The number of nitrogens with zero attached hydrogens (tertiary/aromatic N) is 1. The molecular formula is C4H7N2O5S. The number of nitrogens with two attached hydrogens (primary N) is 1. The molecule has 8 heteroatoms. The van der Waals surface area contributed by atoms with Crippen LogP contribution in [0.5, 0.6) is 0 Å². The van der Waals surface area contributed by atoms with Gasteiger partial charge in [-0.05, 0) is 6.92 Å². The molecule has 1 aliphatic heterocycles. The van der Waals surface area contributed by atoms with Crippen LogP contribution in [0.3, 0.4) is 0 Å². The highest BCUT2D eigenvalue weighted by Crippen LogP contribution is 2.18. The number of β-lactam (4-membered cyclic amide) rings is 1. The van der Waals surface area contributed by atoms with E-state index in [9.17, 15) is 13.2 Å². The molecular weight excluding hydrogens is 188 g/mol. The Hall–Kier alpha value is -0.700. The molecule has 7 nitrogen and oxygen atoms in total. The van der Waals surface area contributed by atoms with E-state index in [4.69, 9.17) is 10.3 Å². The first kappa shape index (κ1) is 9.39. The molecule has 1 rings (SSSR count). The van der Waals surface area contributed by atoms with Gasteiger partial charge in [0.05, 0.1) is 6.04 Å². The van der Waals surface area contributed by atoms with Gasteiger partial charge < -0.3 is 5.73 Å². The Morgan fingerprint density at radius 3 is 2.50 bits per heavy atom. The summed E-state index contributed by atoms with van der Waals surface area (Å²) in [5.74, 6) is -0.729. The van der Waals surface area contributed by atoms with E-state index in [1.807, 2.05) is 0 Å². The molecule has 0 aromatic carbocycles. The van der Waals surface area contributed by atoms with Gasteiger partial charge in [-0.15, -0.1) is 4.28 Å². The predicted molar refractivity (Wildman–Crippen MR) is 36.6 cm³/mol. The lowest BCUT2D eigenvalue weighted by molar-refractivity contribution is -0.189. The first-order chi connectivity index (χ1) is 5.33. The molecule has 0 bridgehead atoms. The molecule has 1 heterocycles. The van der Waals surface area contributed by atoms with Gasteiger partial charge in [0.1, 0.15) is 6.04 Å². The third-order valence-corrected chi connectivity index (χ3v) is 1.74. The molecule has 3 N–H and O–H groups in total. The second-order valence-corrected chi connectivity index (χ2v) is 3.26. The number of carbonyl (C=O) groups excluding carboxylic acids is 1.